The van der Waals surface area contributed by atoms with Crippen molar-refractivity contribution in [1.82, 2.24) is 4.98 Å². The lowest BCUT2D eigenvalue weighted by Crippen LogP contribution is -2.40. The molecular formula is C12H20N2OS. The summed E-state index contributed by atoms with van der Waals surface area (Å²) in [5, 5.41) is 10.3. The lowest BCUT2D eigenvalue weighted by Gasteiger charge is -2.36. The molecule has 0 radical (unpaired) electrons. The van der Waals surface area contributed by atoms with E-state index in [1.807, 2.05) is 6.92 Å². The van der Waals surface area contributed by atoms with Crippen LogP contribution in [0, 0.1) is 12.8 Å². The smallest absolute Gasteiger partial charge is 0.186 e. The van der Waals surface area contributed by atoms with Crippen molar-refractivity contribution < 1.29 is 5.11 Å². The number of aryl methyl sites for hydroxylation is 1. The van der Waals surface area contributed by atoms with E-state index in [0.717, 1.165) is 28.2 Å². The predicted molar refractivity (Wildman–Crippen MR) is 68.0 cm³/mol. The molecule has 0 bridgehead atoms. The fourth-order valence-corrected chi connectivity index (χ4v) is 3.42. The van der Waals surface area contributed by atoms with Crippen LogP contribution in [0.15, 0.2) is 0 Å². The van der Waals surface area contributed by atoms with Gasteiger partial charge in [0.25, 0.3) is 0 Å². The average molecular weight is 240 g/mol. The molecule has 1 aliphatic rings. The van der Waals surface area contributed by atoms with Crippen molar-refractivity contribution in [2.75, 3.05) is 11.4 Å². The number of aliphatic hydroxyl groups is 1. The highest BCUT2D eigenvalue weighted by Crippen LogP contribution is 2.32. The largest absolute Gasteiger partial charge is 0.391 e. The maximum Gasteiger partial charge on any atom is 0.186 e. The van der Waals surface area contributed by atoms with Crippen LogP contribution in [0.3, 0.4) is 0 Å². The van der Waals surface area contributed by atoms with Crippen LogP contribution >= 0.6 is 11.3 Å². The van der Waals surface area contributed by atoms with Crippen LogP contribution < -0.4 is 4.90 Å². The molecular weight excluding hydrogens is 220 g/mol. The highest BCUT2D eigenvalue weighted by Gasteiger charge is 2.25. The lowest BCUT2D eigenvalue weighted by atomic mass is 9.94. The van der Waals surface area contributed by atoms with Gasteiger partial charge in [-0.3, -0.25) is 0 Å². The second-order valence-electron chi connectivity index (χ2n) is 4.84. The van der Waals surface area contributed by atoms with E-state index < -0.39 is 0 Å². The summed E-state index contributed by atoms with van der Waals surface area (Å²) in [6, 6.07) is 0.570. The van der Waals surface area contributed by atoms with E-state index in [9.17, 15) is 5.11 Å². The number of hydrogen-bond acceptors (Lipinski definition) is 4. The molecule has 1 aromatic heterocycles. The number of anilines is 1. The second kappa shape index (κ2) is 4.72. The van der Waals surface area contributed by atoms with Gasteiger partial charge in [0.05, 0.1) is 17.2 Å². The van der Waals surface area contributed by atoms with Gasteiger partial charge >= 0.3 is 0 Å². The molecule has 16 heavy (non-hydrogen) atoms. The summed E-state index contributed by atoms with van der Waals surface area (Å²) in [5.74, 6) is 0.824. The van der Waals surface area contributed by atoms with Crippen molar-refractivity contribution >= 4 is 16.5 Å². The maximum absolute atomic E-state index is 9.19. The summed E-state index contributed by atoms with van der Waals surface area (Å²) in [6.07, 6.45) is 2.49. The lowest BCUT2D eigenvalue weighted by molar-refractivity contribution is 0.284. The number of aliphatic hydroxyl groups excluding tert-OH is 1. The standard InChI is InChI=1S/C12H20N2OS/c1-8-4-5-14(9(2)6-8)12-13-10(3)11(7-15)16-12/h8-9,15H,4-7H2,1-3H3. The second-order valence-corrected chi connectivity index (χ2v) is 5.90. The zero-order chi connectivity index (χ0) is 11.7. The first-order chi connectivity index (χ1) is 7.61. The molecule has 0 amide bonds. The summed E-state index contributed by atoms with van der Waals surface area (Å²) in [7, 11) is 0. The van der Waals surface area contributed by atoms with Crippen LogP contribution in [0.2, 0.25) is 0 Å². The van der Waals surface area contributed by atoms with E-state index in [0.29, 0.717) is 6.04 Å². The molecule has 0 aliphatic carbocycles. The first-order valence-corrected chi connectivity index (χ1v) is 6.77. The van der Waals surface area contributed by atoms with Crippen LogP contribution in [0.4, 0.5) is 5.13 Å². The van der Waals surface area contributed by atoms with Crippen LogP contribution in [0.25, 0.3) is 0 Å². The van der Waals surface area contributed by atoms with Gasteiger partial charge in [0.15, 0.2) is 5.13 Å². The van der Waals surface area contributed by atoms with Gasteiger partial charge in [0, 0.05) is 12.6 Å². The Morgan fingerprint density at radius 1 is 1.50 bits per heavy atom. The van der Waals surface area contributed by atoms with Crippen molar-refractivity contribution in [3.63, 3.8) is 0 Å². The summed E-state index contributed by atoms with van der Waals surface area (Å²) in [5.41, 5.74) is 0.980. The van der Waals surface area contributed by atoms with Crippen LogP contribution in [-0.4, -0.2) is 22.7 Å². The predicted octanol–water partition coefficient (Wildman–Crippen LogP) is 2.57. The van der Waals surface area contributed by atoms with Gasteiger partial charge in [0.2, 0.25) is 0 Å². The first kappa shape index (κ1) is 11.9. The molecule has 0 saturated carbocycles. The zero-order valence-electron chi connectivity index (χ0n) is 10.2. The third-order valence-electron chi connectivity index (χ3n) is 3.41. The molecule has 2 atom stereocenters. The average Bonchev–Trinajstić information content (AvgIpc) is 2.59. The van der Waals surface area contributed by atoms with E-state index >= 15 is 0 Å². The fourth-order valence-electron chi connectivity index (χ4n) is 2.37. The van der Waals surface area contributed by atoms with Crippen LogP contribution in [0.1, 0.15) is 37.3 Å². The number of hydrogen-bond donors (Lipinski definition) is 1. The van der Waals surface area contributed by atoms with Crippen molar-refractivity contribution in [2.24, 2.45) is 5.92 Å². The van der Waals surface area contributed by atoms with Gasteiger partial charge in [-0.1, -0.05) is 18.3 Å². The molecule has 1 N–H and O–H groups in total. The molecule has 2 rings (SSSR count). The molecule has 0 spiro atoms. The number of piperidine rings is 1. The van der Waals surface area contributed by atoms with Crippen LogP contribution in [-0.2, 0) is 6.61 Å². The van der Waals surface area contributed by atoms with Crippen molar-refractivity contribution in [3.8, 4) is 0 Å². The number of rotatable bonds is 2. The topological polar surface area (TPSA) is 36.4 Å². The molecule has 4 heteroatoms. The molecule has 2 heterocycles. The van der Waals surface area contributed by atoms with E-state index in [1.54, 1.807) is 11.3 Å². The monoisotopic (exact) mass is 240 g/mol. The molecule has 1 aromatic rings. The normalized spacial score (nSPS) is 26.1. The van der Waals surface area contributed by atoms with E-state index in [1.165, 1.54) is 12.8 Å². The highest BCUT2D eigenvalue weighted by atomic mass is 32.1. The molecule has 1 saturated heterocycles. The quantitative estimate of drug-likeness (QED) is 0.863. The van der Waals surface area contributed by atoms with Crippen LogP contribution in [0.5, 0.6) is 0 Å². The molecule has 1 aliphatic heterocycles. The van der Waals surface area contributed by atoms with Gasteiger partial charge in [-0.25, -0.2) is 4.98 Å². The Hall–Kier alpha value is -0.610. The van der Waals surface area contributed by atoms with Crippen molar-refractivity contribution in [1.29, 1.82) is 0 Å². The molecule has 3 nitrogen and oxygen atoms in total. The Morgan fingerprint density at radius 3 is 2.81 bits per heavy atom. The first-order valence-electron chi connectivity index (χ1n) is 5.95. The summed E-state index contributed by atoms with van der Waals surface area (Å²) in [4.78, 5) is 7.95. The minimum atomic E-state index is 0.113. The summed E-state index contributed by atoms with van der Waals surface area (Å²) in [6.45, 7) is 7.77. The molecule has 1 fully saturated rings. The molecule has 0 aromatic carbocycles. The van der Waals surface area contributed by atoms with Gasteiger partial charge in [-0.2, -0.15) is 0 Å². The Labute approximate surface area is 101 Å². The molecule has 2 unspecified atom stereocenters. The van der Waals surface area contributed by atoms with Crippen molar-refractivity contribution in [3.05, 3.63) is 10.6 Å². The highest BCUT2D eigenvalue weighted by molar-refractivity contribution is 7.15. The van der Waals surface area contributed by atoms with Gasteiger partial charge in [-0.05, 0) is 32.6 Å². The van der Waals surface area contributed by atoms with E-state index in [4.69, 9.17) is 0 Å². The third-order valence-corrected chi connectivity index (χ3v) is 4.59. The van der Waals surface area contributed by atoms with E-state index in [-0.39, 0.29) is 6.61 Å². The fraction of sp³-hybridized carbons (Fsp3) is 0.750. The third kappa shape index (κ3) is 2.23. The van der Waals surface area contributed by atoms with Gasteiger partial charge in [0.1, 0.15) is 0 Å². The number of thiazole rings is 1. The summed E-state index contributed by atoms with van der Waals surface area (Å²) < 4.78 is 0. The van der Waals surface area contributed by atoms with Crippen molar-refractivity contribution in [2.45, 2.75) is 46.3 Å². The van der Waals surface area contributed by atoms with Gasteiger partial charge in [-0.15, -0.1) is 0 Å². The minimum absolute atomic E-state index is 0.113. The zero-order valence-corrected chi connectivity index (χ0v) is 11.0. The SMILES string of the molecule is Cc1nc(N2CCC(C)CC2C)sc1CO. The maximum atomic E-state index is 9.19. The minimum Gasteiger partial charge on any atom is -0.391 e. The van der Waals surface area contributed by atoms with E-state index in [2.05, 4.69) is 23.7 Å². The number of aromatic nitrogens is 1. The Bertz CT molecular complexity index is 364. The Kier molecular flexibility index (Phi) is 3.50. The van der Waals surface area contributed by atoms with Gasteiger partial charge < -0.3 is 10.0 Å². The number of nitrogens with zero attached hydrogens (tertiary/aromatic N) is 2. The Morgan fingerprint density at radius 2 is 2.25 bits per heavy atom. The summed E-state index contributed by atoms with van der Waals surface area (Å²) >= 11 is 1.64. The Balaban J connectivity index is 2.17. The molecule has 90 valence electrons.